The van der Waals surface area contributed by atoms with Crippen molar-refractivity contribution in [1.29, 1.82) is 0 Å². The second-order valence-corrected chi connectivity index (χ2v) is 5.84. The standard InChI is InChI=1S/C19H24N2O2/c1-14-6-5-9-16(12-14)18(19(20)23)21-13-17(22)11-10-15-7-3-2-4-8-15/h2-9,12,17-18,21-22H,10-11,13H2,1H3,(H2,20,23)/t17-,18+/m1/s1. The van der Waals surface area contributed by atoms with Crippen molar-refractivity contribution in [1.82, 2.24) is 5.32 Å². The Morgan fingerprint density at radius 3 is 2.57 bits per heavy atom. The van der Waals surface area contributed by atoms with E-state index in [-0.39, 0.29) is 0 Å². The number of aryl methyl sites for hydroxylation is 2. The third-order valence-corrected chi connectivity index (χ3v) is 3.83. The minimum atomic E-state index is -0.582. The fourth-order valence-corrected chi connectivity index (χ4v) is 2.57. The Morgan fingerprint density at radius 1 is 1.17 bits per heavy atom. The van der Waals surface area contributed by atoms with Gasteiger partial charge in [-0.05, 0) is 30.9 Å². The van der Waals surface area contributed by atoms with E-state index in [0.29, 0.717) is 13.0 Å². The van der Waals surface area contributed by atoms with Crippen molar-refractivity contribution >= 4 is 5.91 Å². The summed E-state index contributed by atoms with van der Waals surface area (Å²) in [6.07, 6.45) is 0.910. The van der Waals surface area contributed by atoms with E-state index in [4.69, 9.17) is 5.73 Å². The van der Waals surface area contributed by atoms with Crippen molar-refractivity contribution in [2.24, 2.45) is 5.73 Å². The van der Waals surface area contributed by atoms with Crippen LogP contribution in [0.4, 0.5) is 0 Å². The van der Waals surface area contributed by atoms with Gasteiger partial charge in [-0.1, -0.05) is 60.2 Å². The van der Waals surface area contributed by atoms with E-state index in [1.54, 1.807) is 0 Å². The van der Waals surface area contributed by atoms with Crippen LogP contribution in [0, 0.1) is 6.92 Å². The van der Waals surface area contributed by atoms with E-state index in [0.717, 1.165) is 17.5 Å². The van der Waals surface area contributed by atoms with Crippen LogP contribution >= 0.6 is 0 Å². The average Bonchev–Trinajstić information content (AvgIpc) is 2.54. The third kappa shape index (κ3) is 5.51. The predicted octanol–water partition coefficient (Wildman–Crippen LogP) is 2.10. The average molecular weight is 312 g/mol. The van der Waals surface area contributed by atoms with Gasteiger partial charge in [0.1, 0.15) is 6.04 Å². The number of benzene rings is 2. The maximum Gasteiger partial charge on any atom is 0.239 e. The molecule has 122 valence electrons. The van der Waals surface area contributed by atoms with Crippen molar-refractivity contribution in [2.75, 3.05) is 6.54 Å². The zero-order valence-electron chi connectivity index (χ0n) is 13.4. The molecule has 0 aliphatic heterocycles. The van der Waals surface area contributed by atoms with Gasteiger partial charge in [0.05, 0.1) is 6.10 Å². The molecular formula is C19H24N2O2. The smallest absolute Gasteiger partial charge is 0.239 e. The number of nitrogens with one attached hydrogen (secondary N) is 1. The lowest BCUT2D eigenvalue weighted by atomic mass is 10.0. The molecule has 0 fully saturated rings. The molecule has 0 aliphatic rings. The Kier molecular flexibility index (Phi) is 6.32. The monoisotopic (exact) mass is 312 g/mol. The van der Waals surface area contributed by atoms with Crippen molar-refractivity contribution in [3.05, 3.63) is 71.3 Å². The summed E-state index contributed by atoms with van der Waals surface area (Å²) < 4.78 is 0. The number of rotatable bonds is 8. The second-order valence-electron chi connectivity index (χ2n) is 5.84. The van der Waals surface area contributed by atoms with Gasteiger partial charge in [0.2, 0.25) is 5.91 Å². The molecule has 4 N–H and O–H groups in total. The zero-order chi connectivity index (χ0) is 16.7. The van der Waals surface area contributed by atoms with Crippen LogP contribution in [-0.4, -0.2) is 23.7 Å². The molecule has 0 aromatic heterocycles. The Labute approximate surface area is 137 Å². The Morgan fingerprint density at radius 2 is 1.91 bits per heavy atom. The number of aliphatic hydroxyl groups is 1. The van der Waals surface area contributed by atoms with Gasteiger partial charge >= 0.3 is 0 Å². The summed E-state index contributed by atoms with van der Waals surface area (Å²) in [7, 11) is 0. The molecule has 1 amide bonds. The van der Waals surface area contributed by atoms with Crippen molar-refractivity contribution in [2.45, 2.75) is 31.9 Å². The van der Waals surface area contributed by atoms with Crippen molar-refractivity contribution in [3.8, 4) is 0 Å². The molecule has 0 aliphatic carbocycles. The first-order valence-corrected chi connectivity index (χ1v) is 7.87. The Bertz CT molecular complexity index is 628. The number of hydrogen-bond donors (Lipinski definition) is 3. The second kappa shape index (κ2) is 8.46. The Balaban J connectivity index is 1.87. The highest BCUT2D eigenvalue weighted by Gasteiger charge is 2.18. The molecule has 0 spiro atoms. The molecule has 4 nitrogen and oxygen atoms in total. The van der Waals surface area contributed by atoms with Gasteiger partial charge in [0.15, 0.2) is 0 Å². The quantitative estimate of drug-likeness (QED) is 0.699. The summed E-state index contributed by atoms with van der Waals surface area (Å²) in [5, 5.41) is 13.2. The highest BCUT2D eigenvalue weighted by Crippen LogP contribution is 2.14. The molecule has 2 rings (SSSR count). The molecule has 0 unspecified atom stereocenters. The molecule has 23 heavy (non-hydrogen) atoms. The first kappa shape index (κ1) is 17.2. The van der Waals surface area contributed by atoms with Crippen LogP contribution in [0.25, 0.3) is 0 Å². The molecule has 0 heterocycles. The number of hydrogen-bond acceptors (Lipinski definition) is 3. The van der Waals surface area contributed by atoms with E-state index in [9.17, 15) is 9.90 Å². The molecule has 0 saturated heterocycles. The fourth-order valence-electron chi connectivity index (χ4n) is 2.57. The maximum absolute atomic E-state index is 11.7. The van der Waals surface area contributed by atoms with Gasteiger partial charge in [-0.15, -0.1) is 0 Å². The lowest BCUT2D eigenvalue weighted by molar-refractivity contribution is -0.120. The van der Waals surface area contributed by atoms with Crippen molar-refractivity contribution in [3.63, 3.8) is 0 Å². The third-order valence-electron chi connectivity index (χ3n) is 3.83. The summed E-state index contributed by atoms with van der Waals surface area (Å²) in [4.78, 5) is 11.7. The number of nitrogens with two attached hydrogens (primary N) is 1. The van der Waals surface area contributed by atoms with Crippen LogP contribution < -0.4 is 11.1 Å². The van der Waals surface area contributed by atoms with Crippen LogP contribution in [0.2, 0.25) is 0 Å². The minimum Gasteiger partial charge on any atom is -0.392 e. The summed E-state index contributed by atoms with van der Waals surface area (Å²) in [5.74, 6) is -0.439. The van der Waals surface area contributed by atoms with Gasteiger partial charge in [-0.3, -0.25) is 10.1 Å². The van der Waals surface area contributed by atoms with E-state index in [1.165, 1.54) is 5.56 Å². The van der Waals surface area contributed by atoms with E-state index in [2.05, 4.69) is 5.32 Å². The first-order valence-electron chi connectivity index (χ1n) is 7.87. The lowest BCUT2D eigenvalue weighted by Crippen LogP contribution is -2.38. The topological polar surface area (TPSA) is 75.3 Å². The normalized spacial score (nSPS) is 13.5. The minimum absolute atomic E-state index is 0.328. The number of carbonyl (C=O) groups excluding carboxylic acids is 1. The van der Waals surface area contributed by atoms with E-state index in [1.807, 2.05) is 61.5 Å². The number of primary amides is 1. The molecule has 0 saturated carbocycles. The highest BCUT2D eigenvalue weighted by molar-refractivity contribution is 5.81. The van der Waals surface area contributed by atoms with Gasteiger partial charge in [-0.25, -0.2) is 0 Å². The van der Waals surface area contributed by atoms with Crippen molar-refractivity contribution < 1.29 is 9.90 Å². The summed E-state index contributed by atoms with van der Waals surface area (Å²) in [6, 6.07) is 17.1. The van der Waals surface area contributed by atoms with Crippen LogP contribution in [-0.2, 0) is 11.2 Å². The SMILES string of the molecule is Cc1cccc([C@H](NC[C@H](O)CCc2ccccc2)C(N)=O)c1. The fraction of sp³-hybridized carbons (Fsp3) is 0.316. The van der Waals surface area contributed by atoms with Crippen LogP contribution in [0.1, 0.15) is 29.2 Å². The molecule has 2 aromatic carbocycles. The molecule has 4 heteroatoms. The summed E-state index contributed by atoms with van der Waals surface area (Å²) in [6.45, 7) is 2.30. The predicted molar refractivity (Wildman–Crippen MR) is 91.9 cm³/mol. The van der Waals surface area contributed by atoms with Crippen LogP contribution in [0.5, 0.6) is 0 Å². The van der Waals surface area contributed by atoms with Gasteiger partial charge in [0.25, 0.3) is 0 Å². The largest absolute Gasteiger partial charge is 0.392 e. The number of amides is 1. The van der Waals surface area contributed by atoms with Gasteiger partial charge in [0, 0.05) is 6.54 Å². The zero-order valence-corrected chi connectivity index (χ0v) is 13.4. The molecular weight excluding hydrogens is 288 g/mol. The molecule has 0 radical (unpaired) electrons. The highest BCUT2D eigenvalue weighted by atomic mass is 16.3. The number of carbonyl (C=O) groups is 1. The van der Waals surface area contributed by atoms with E-state index >= 15 is 0 Å². The summed E-state index contributed by atoms with van der Waals surface area (Å²) in [5.41, 5.74) is 8.57. The van der Waals surface area contributed by atoms with Crippen LogP contribution in [0.3, 0.4) is 0 Å². The molecule has 0 bridgehead atoms. The molecule has 2 atom stereocenters. The number of aliphatic hydroxyl groups excluding tert-OH is 1. The van der Waals surface area contributed by atoms with E-state index < -0.39 is 18.1 Å². The lowest BCUT2D eigenvalue weighted by Gasteiger charge is -2.19. The summed E-state index contributed by atoms with van der Waals surface area (Å²) >= 11 is 0. The van der Waals surface area contributed by atoms with Gasteiger partial charge < -0.3 is 10.8 Å². The maximum atomic E-state index is 11.7. The molecule has 2 aromatic rings. The Hall–Kier alpha value is -2.17. The van der Waals surface area contributed by atoms with Gasteiger partial charge in [-0.2, -0.15) is 0 Å². The first-order chi connectivity index (χ1) is 11.1. The van der Waals surface area contributed by atoms with Crippen LogP contribution in [0.15, 0.2) is 54.6 Å².